The normalized spacial score (nSPS) is 10.2. The van der Waals surface area contributed by atoms with Gasteiger partial charge in [-0.1, -0.05) is 11.6 Å². The summed E-state index contributed by atoms with van der Waals surface area (Å²) in [6.07, 6.45) is 6.24. The number of amides is 1. The van der Waals surface area contributed by atoms with Gasteiger partial charge in [-0.05, 0) is 34.5 Å². The van der Waals surface area contributed by atoms with Crippen molar-refractivity contribution in [1.82, 2.24) is 9.97 Å². The first-order valence-corrected chi connectivity index (χ1v) is 6.27. The predicted octanol–water partition coefficient (Wildman–Crippen LogP) is 3.45. The van der Waals surface area contributed by atoms with Gasteiger partial charge in [0.25, 0.3) is 5.91 Å². The Morgan fingerprint density at radius 3 is 2.72 bits per heavy atom. The molecule has 0 aliphatic heterocycles. The van der Waals surface area contributed by atoms with Gasteiger partial charge in [-0.3, -0.25) is 14.8 Å². The van der Waals surface area contributed by atoms with Crippen LogP contribution in [0.25, 0.3) is 0 Å². The molecule has 6 heteroatoms. The van der Waals surface area contributed by atoms with E-state index < -0.39 is 0 Å². The van der Waals surface area contributed by atoms with Crippen molar-refractivity contribution < 1.29 is 4.79 Å². The molecule has 2 aromatic rings. The van der Waals surface area contributed by atoms with Crippen LogP contribution in [0.3, 0.4) is 0 Å². The summed E-state index contributed by atoms with van der Waals surface area (Å²) in [7, 11) is 0. The lowest BCUT2D eigenvalue weighted by Gasteiger charge is -2.07. The van der Waals surface area contributed by atoms with E-state index in [0.717, 1.165) is 5.56 Å². The first kappa shape index (κ1) is 13.0. The Morgan fingerprint density at radius 2 is 2.00 bits per heavy atom. The molecule has 0 fully saturated rings. The van der Waals surface area contributed by atoms with Crippen molar-refractivity contribution in [3.05, 3.63) is 51.5 Å². The highest BCUT2D eigenvalue weighted by molar-refractivity contribution is 9.10. The van der Waals surface area contributed by atoms with Crippen LogP contribution in [0.5, 0.6) is 0 Å². The summed E-state index contributed by atoms with van der Waals surface area (Å²) in [6, 6.07) is 1.75. The predicted molar refractivity (Wildman–Crippen MR) is 73.9 cm³/mol. The number of carbonyl (C=O) groups is 1. The second-order valence-electron chi connectivity index (χ2n) is 3.69. The smallest absolute Gasteiger partial charge is 0.257 e. The maximum Gasteiger partial charge on any atom is 0.257 e. The highest BCUT2D eigenvalue weighted by atomic mass is 79.9. The van der Waals surface area contributed by atoms with Crippen molar-refractivity contribution in [3.63, 3.8) is 0 Å². The third-order valence-corrected chi connectivity index (χ3v) is 3.46. The summed E-state index contributed by atoms with van der Waals surface area (Å²) in [5, 5.41) is 3.11. The zero-order chi connectivity index (χ0) is 13.1. The summed E-state index contributed by atoms with van der Waals surface area (Å²) >= 11 is 9.28. The highest BCUT2D eigenvalue weighted by Crippen LogP contribution is 2.28. The molecule has 92 valence electrons. The second kappa shape index (κ2) is 5.46. The molecule has 2 aromatic heterocycles. The number of nitrogens with one attached hydrogen (secondary N) is 1. The molecule has 0 aromatic carbocycles. The van der Waals surface area contributed by atoms with Gasteiger partial charge in [0.15, 0.2) is 0 Å². The number of pyridine rings is 2. The van der Waals surface area contributed by atoms with E-state index in [9.17, 15) is 4.79 Å². The maximum absolute atomic E-state index is 12.0. The van der Waals surface area contributed by atoms with Gasteiger partial charge in [-0.25, -0.2) is 0 Å². The topological polar surface area (TPSA) is 54.9 Å². The monoisotopic (exact) mass is 325 g/mol. The summed E-state index contributed by atoms with van der Waals surface area (Å²) in [5.41, 5.74) is 1.85. The molecular weight excluding hydrogens is 318 g/mol. The molecule has 1 N–H and O–H groups in total. The van der Waals surface area contributed by atoms with Gasteiger partial charge < -0.3 is 5.32 Å². The van der Waals surface area contributed by atoms with Gasteiger partial charge in [0.1, 0.15) is 0 Å². The SMILES string of the molecule is Cc1cncc(C(=O)Nc2cncc(Br)c2Cl)c1. The Kier molecular flexibility index (Phi) is 3.93. The van der Waals surface area contributed by atoms with Crippen LogP contribution in [0.2, 0.25) is 5.02 Å². The minimum absolute atomic E-state index is 0.270. The van der Waals surface area contributed by atoms with Crippen LogP contribution >= 0.6 is 27.5 Å². The lowest BCUT2D eigenvalue weighted by molar-refractivity contribution is 0.102. The molecular formula is C12H9BrClN3O. The molecule has 0 bridgehead atoms. The number of nitrogens with zero attached hydrogens (tertiary/aromatic N) is 2. The number of anilines is 1. The van der Waals surface area contributed by atoms with Gasteiger partial charge in [-0.2, -0.15) is 0 Å². The maximum atomic E-state index is 12.0. The summed E-state index contributed by atoms with van der Waals surface area (Å²) in [6.45, 7) is 1.87. The van der Waals surface area contributed by atoms with E-state index in [1.807, 2.05) is 6.92 Å². The number of hydrogen-bond donors (Lipinski definition) is 1. The molecule has 18 heavy (non-hydrogen) atoms. The van der Waals surface area contributed by atoms with E-state index in [1.165, 1.54) is 12.4 Å². The third-order valence-electron chi connectivity index (χ3n) is 2.22. The fourth-order valence-electron chi connectivity index (χ4n) is 1.38. The van der Waals surface area contributed by atoms with E-state index >= 15 is 0 Å². The molecule has 0 radical (unpaired) electrons. The van der Waals surface area contributed by atoms with Crippen molar-refractivity contribution in [1.29, 1.82) is 0 Å². The molecule has 0 unspecified atom stereocenters. The molecule has 1 amide bonds. The molecule has 2 heterocycles. The first-order chi connectivity index (χ1) is 8.58. The van der Waals surface area contributed by atoms with Crippen molar-refractivity contribution in [2.45, 2.75) is 6.92 Å². The van der Waals surface area contributed by atoms with Crippen LogP contribution in [-0.4, -0.2) is 15.9 Å². The molecule has 0 saturated heterocycles. The number of halogens is 2. The van der Waals surface area contributed by atoms with Gasteiger partial charge >= 0.3 is 0 Å². The summed E-state index contributed by atoms with van der Waals surface area (Å²) < 4.78 is 0.629. The van der Waals surface area contributed by atoms with E-state index in [2.05, 4.69) is 31.2 Å². The fourth-order valence-corrected chi connectivity index (χ4v) is 1.86. The highest BCUT2D eigenvalue weighted by Gasteiger charge is 2.10. The van der Waals surface area contributed by atoms with Crippen molar-refractivity contribution >= 4 is 39.1 Å². The Morgan fingerprint density at radius 1 is 1.28 bits per heavy atom. The molecule has 0 saturated carbocycles. The minimum Gasteiger partial charge on any atom is -0.319 e. The lowest BCUT2D eigenvalue weighted by atomic mass is 10.2. The molecule has 0 aliphatic carbocycles. The molecule has 2 rings (SSSR count). The quantitative estimate of drug-likeness (QED) is 0.919. The Bertz CT molecular complexity index is 604. The average Bonchev–Trinajstić information content (AvgIpc) is 2.35. The van der Waals surface area contributed by atoms with Crippen molar-refractivity contribution in [2.75, 3.05) is 5.32 Å². The van der Waals surface area contributed by atoms with Crippen molar-refractivity contribution in [3.8, 4) is 0 Å². The molecule has 0 spiro atoms. The van der Waals surface area contributed by atoms with Crippen LogP contribution in [-0.2, 0) is 0 Å². The van der Waals surface area contributed by atoms with E-state index in [-0.39, 0.29) is 5.91 Å². The van der Waals surface area contributed by atoms with E-state index in [1.54, 1.807) is 18.5 Å². The van der Waals surface area contributed by atoms with Gasteiger partial charge in [0.2, 0.25) is 0 Å². The zero-order valence-electron chi connectivity index (χ0n) is 9.45. The number of hydrogen-bond acceptors (Lipinski definition) is 3. The largest absolute Gasteiger partial charge is 0.319 e. The number of rotatable bonds is 2. The van der Waals surface area contributed by atoms with E-state index in [0.29, 0.717) is 20.7 Å². The number of aryl methyl sites for hydroxylation is 1. The number of aromatic nitrogens is 2. The van der Waals surface area contributed by atoms with Crippen LogP contribution in [0.15, 0.2) is 35.3 Å². The van der Waals surface area contributed by atoms with Gasteiger partial charge in [-0.15, -0.1) is 0 Å². The molecule has 0 aliphatic rings. The Labute approximate surface area is 118 Å². The van der Waals surface area contributed by atoms with Gasteiger partial charge in [0.05, 0.1) is 26.9 Å². The lowest BCUT2D eigenvalue weighted by Crippen LogP contribution is -2.13. The first-order valence-electron chi connectivity index (χ1n) is 5.10. The van der Waals surface area contributed by atoms with Crippen LogP contribution in [0.4, 0.5) is 5.69 Å². The fraction of sp³-hybridized carbons (Fsp3) is 0.0833. The molecule has 4 nitrogen and oxygen atoms in total. The Balaban J connectivity index is 2.24. The van der Waals surface area contributed by atoms with Crippen LogP contribution in [0, 0.1) is 6.92 Å². The molecule has 0 atom stereocenters. The van der Waals surface area contributed by atoms with E-state index in [4.69, 9.17) is 11.6 Å². The Hall–Kier alpha value is -1.46. The average molecular weight is 327 g/mol. The standard InChI is InChI=1S/C12H9BrClN3O/c1-7-2-8(4-15-3-7)12(18)17-10-6-16-5-9(13)11(10)14/h2-6H,1H3,(H,17,18). The van der Waals surface area contributed by atoms with Crippen LogP contribution in [0.1, 0.15) is 15.9 Å². The summed E-state index contributed by atoms with van der Waals surface area (Å²) in [5.74, 6) is -0.270. The third kappa shape index (κ3) is 2.86. The van der Waals surface area contributed by atoms with Crippen molar-refractivity contribution in [2.24, 2.45) is 0 Å². The summed E-state index contributed by atoms with van der Waals surface area (Å²) in [4.78, 5) is 19.9. The van der Waals surface area contributed by atoms with Gasteiger partial charge in [0, 0.05) is 18.6 Å². The second-order valence-corrected chi connectivity index (χ2v) is 4.92. The van der Waals surface area contributed by atoms with Crippen LogP contribution < -0.4 is 5.32 Å². The zero-order valence-corrected chi connectivity index (χ0v) is 11.8. The minimum atomic E-state index is -0.270. The number of carbonyl (C=O) groups excluding carboxylic acids is 1.